The molecule has 1 atom stereocenters. The molecule has 0 aliphatic carbocycles. The van der Waals surface area contributed by atoms with Gasteiger partial charge in [0.15, 0.2) is 0 Å². The number of imide groups is 1. The maximum absolute atomic E-state index is 13.2. The molecule has 8 nitrogen and oxygen atoms in total. The zero-order chi connectivity index (χ0) is 19.9. The number of carbonyl (C=O) groups is 3. The molecule has 1 aromatic rings. The van der Waals surface area contributed by atoms with E-state index in [4.69, 9.17) is 14.2 Å². The van der Waals surface area contributed by atoms with Crippen LogP contribution in [-0.4, -0.2) is 86.3 Å². The van der Waals surface area contributed by atoms with Crippen LogP contribution in [0.25, 0.3) is 0 Å². The molecule has 0 radical (unpaired) electrons. The second-order valence-corrected chi connectivity index (χ2v) is 6.61. The third-order valence-corrected chi connectivity index (χ3v) is 4.88. The minimum atomic E-state index is -0.844. The summed E-state index contributed by atoms with van der Waals surface area (Å²) in [6.45, 7) is 5.07. The van der Waals surface area contributed by atoms with Crippen molar-refractivity contribution in [3.05, 3.63) is 35.4 Å². The van der Waals surface area contributed by atoms with Crippen molar-refractivity contribution in [2.75, 3.05) is 52.7 Å². The van der Waals surface area contributed by atoms with Gasteiger partial charge in [0, 0.05) is 13.1 Å². The summed E-state index contributed by atoms with van der Waals surface area (Å²) in [6.07, 6.45) is 0.344. The van der Waals surface area contributed by atoms with Crippen LogP contribution in [0.2, 0.25) is 0 Å². The second-order valence-electron chi connectivity index (χ2n) is 6.61. The van der Waals surface area contributed by atoms with E-state index >= 15 is 0 Å². The summed E-state index contributed by atoms with van der Waals surface area (Å²) in [5.41, 5.74) is 0.693. The van der Waals surface area contributed by atoms with Gasteiger partial charge in [-0.3, -0.25) is 19.3 Å². The first-order valence-corrected chi connectivity index (χ1v) is 9.64. The molecule has 28 heavy (non-hydrogen) atoms. The SMILES string of the molecule is CC[C@H](C(=O)N1CCOCCOCCOCC1)N1C(=O)c2ccccc2C1=O. The lowest BCUT2D eigenvalue weighted by molar-refractivity contribution is -0.137. The Morgan fingerprint density at radius 3 is 1.82 bits per heavy atom. The molecular formula is C20H26N2O6. The number of fused-ring (bicyclic) bond motifs is 1. The zero-order valence-electron chi connectivity index (χ0n) is 16.1. The number of amides is 3. The van der Waals surface area contributed by atoms with Crippen LogP contribution < -0.4 is 0 Å². The highest BCUT2D eigenvalue weighted by Gasteiger charge is 2.42. The van der Waals surface area contributed by atoms with Crippen molar-refractivity contribution in [3.8, 4) is 0 Å². The van der Waals surface area contributed by atoms with Crippen LogP contribution in [0.1, 0.15) is 34.1 Å². The largest absolute Gasteiger partial charge is 0.377 e. The Morgan fingerprint density at radius 1 is 0.893 bits per heavy atom. The van der Waals surface area contributed by atoms with Gasteiger partial charge < -0.3 is 19.1 Å². The summed E-state index contributed by atoms with van der Waals surface area (Å²) in [5.74, 6) is -1.10. The molecule has 0 spiro atoms. The zero-order valence-corrected chi connectivity index (χ0v) is 16.1. The highest BCUT2D eigenvalue weighted by atomic mass is 16.5. The van der Waals surface area contributed by atoms with Crippen LogP contribution in [-0.2, 0) is 19.0 Å². The third kappa shape index (κ3) is 4.40. The van der Waals surface area contributed by atoms with Gasteiger partial charge in [0.2, 0.25) is 5.91 Å². The average Bonchev–Trinajstić information content (AvgIpc) is 2.94. The maximum atomic E-state index is 13.2. The number of nitrogens with zero attached hydrogens (tertiary/aromatic N) is 2. The molecule has 0 saturated carbocycles. The Kier molecular flexibility index (Phi) is 7.13. The molecule has 2 heterocycles. The molecule has 2 aliphatic rings. The number of benzene rings is 1. The smallest absolute Gasteiger partial charge is 0.262 e. The quantitative estimate of drug-likeness (QED) is 0.715. The van der Waals surface area contributed by atoms with Gasteiger partial charge in [-0.2, -0.15) is 0 Å². The summed E-state index contributed by atoms with van der Waals surface area (Å²) in [7, 11) is 0. The molecule has 3 amide bonds. The van der Waals surface area contributed by atoms with Gasteiger partial charge in [0.05, 0.1) is 50.8 Å². The van der Waals surface area contributed by atoms with Crippen LogP contribution >= 0.6 is 0 Å². The van der Waals surface area contributed by atoms with Crippen molar-refractivity contribution < 1.29 is 28.6 Å². The van der Waals surface area contributed by atoms with Crippen LogP contribution in [0.3, 0.4) is 0 Å². The van der Waals surface area contributed by atoms with E-state index in [-0.39, 0.29) is 5.91 Å². The summed E-state index contributed by atoms with van der Waals surface area (Å²) < 4.78 is 16.4. The highest BCUT2D eigenvalue weighted by molar-refractivity contribution is 6.22. The van der Waals surface area contributed by atoms with Crippen molar-refractivity contribution in [3.63, 3.8) is 0 Å². The highest BCUT2D eigenvalue weighted by Crippen LogP contribution is 2.26. The number of hydrogen-bond acceptors (Lipinski definition) is 6. The molecule has 1 fully saturated rings. The molecule has 0 bridgehead atoms. The van der Waals surface area contributed by atoms with E-state index in [2.05, 4.69) is 0 Å². The van der Waals surface area contributed by atoms with Crippen LogP contribution in [0, 0.1) is 0 Å². The van der Waals surface area contributed by atoms with Gasteiger partial charge in [-0.1, -0.05) is 19.1 Å². The first-order valence-electron chi connectivity index (χ1n) is 9.64. The molecule has 0 N–H and O–H groups in total. The molecule has 8 heteroatoms. The van der Waals surface area contributed by atoms with E-state index in [0.29, 0.717) is 70.3 Å². The molecule has 1 saturated heterocycles. The van der Waals surface area contributed by atoms with Gasteiger partial charge in [-0.25, -0.2) is 0 Å². The minimum absolute atomic E-state index is 0.266. The molecular weight excluding hydrogens is 364 g/mol. The van der Waals surface area contributed by atoms with E-state index < -0.39 is 17.9 Å². The van der Waals surface area contributed by atoms with Gasteiger partial charge in [0.25, 0.3) is 11.8 Å². The fraction of sp³-hybridized carbons (Fsp3) is 0.550. The second kappa shape index (κ2) is 9.77. The molecule has 0 unspecified atom stereocenters. The standard InChI is InChI=1S/C20H26N2O6/c1-2-17(22-18(23)15-5-3-4-6-16(15)19(22)24)20(25)21-7-9-26-11-13-28-14-12-27-10-8-21/h3-6,17H,2,7-14H2,1H3/t17-/m1/s1. The molecule has 1 aromatic carbocycles. The molecule has 152 valence electrons. The Hall–Kier alpha value is -2.29. The van der Waals surface area contributed by atoms with Gasteiger partial charge in [0.1, 0.15) is 6.04 Å². The Balaban J connectivity index is 1.74. The Morgan fingerprint density at radius 2 is 1.36 bits per heavy atom. The van der Waals surface area contributed by atoms with Gasteiger partial charge in [-0.05, 0) is 18.6 Å². The van der Waals surface area contributed by atoms with Crippen LogP contribution in [0.4, 0.5) is 0 Å². The first-order chi connectivity index (χ1) is 13.6. The Labute approximate surface area is 164 Å². The summed E-state index contributed by atoms with van der Waals surface area (Å²) in [6, 6.07) is 5.82. The summed E-state index contributed by atoms with van der Waals surface area (Å²) >= 11 is 0. The molecule has 2 aliphatic heterocycles. The van der Waals surface area contributed by atoms with Crippen LogP contribution in [0.15, 0.2) is 24.3 Å². The number of carbonyl (C=O) groups excluding carboxylic acids is 3. The predicted octanol–water partition coefficient (Wildman–Crippen LogP) is 0.953. The minimum Gasteiger partial charge on any atom is -0.377 e. The summed E-state index contributed by atoms with van der Waals surface area (Å²) in [5, 5.41) is 0. The normalized spacial score (nSPS) is 20.3. The monoisotopic (exact) mass is 390 g/mol. The van der Waals surface area contributed by atoms with E-state index in [1.807, 2.05) is 0 Å². The third-order valence-electron chi connectivity index (χ3n) is 4.88. The molecule has 3 rings (SSSR count). The van der Waals surface area contributed by atoms with Gasteiger partial charge in [-0.15, -0.1) is 0 Å². The van der Waals surface area contributed by atoms with Crippen molar-refractivity contribution in [2.24, 2.45) is 0 Å². The molecule has 0 aromatic heterocycles. The number of rotatable bonds is 3. The number of hydrogen-bond donors (Lipinski definition) is 0. The lowest BCUT2D eigenvalue weighted by atomic mass is 10.1. The van der Waals surface area contributed by atoms with Crippen molar-refractivity contribution in [1.82, 2.24) is 9.80 Å². The fourth-order valence-corrected chi connectivity index (χ4v) is 3.39. The van der Waals surface area contributed by atoms with Crippen LogP contribution in [0.5, 0.6) is 0 Å². The predicted molar refractivity (Wildman–Crippen MR) is 100 cm³/mol. The first kappa shape index (κ1) is 20.4. The maximum Gasteiger partial charge on any atom is 0.262 e. The average molecular weight is 390 g/mol. The van der Waals surface area contributed by atoms with Gasteiger partial charge >= 0.3 is 0 Å². The number of ether oxygens (including phenoxy) is 3. The van der Waals surface area contributed by atoms with Crippen molar-refractivity contribution in [1.29, 1.82) is 0 Å². The van der Waals surface area contributed by atoms with E-state index in [1.165, 1.54) is 0 Å². The topological polar surface area (TPSA) is 85.4 Å². The lowest BCUT2D eigenvalue weighted by Crippen LogP contribution is -2.52. The van der Waals surface area contributed by atoms with E-state index in [1.54, 1.807) is 36.1 Å². The van der Waals surface area contributed by atoms with E-state index in [9.17, 15) is 14.4 Å². The summed E-state index contributed by atoms with van der Waals surface area (Å²) in [4.78, 5) is 41.5. The van der Waals surface area contributed by atoms with Crippen molar-refractivity contribution >= 4 is 17.7 Å². The van der Waals surface area contributed by atoms with Crippen molar-refractivity contribution in [2.45, 2.75) is 19.4 Å². The Bertz CT molecular complexity index is 675. The fourth-order valence-electron chi connectivity index (χ4n) is 3.39. The van der Waals surface area contributed by atoms with E-state index in [0.717, 1.165) is 4.90 Å². The lowest BCUT2D eigenvalue weighted by Gasteiger charge is -2.31.